The average molecular weight is 387 g/mol. The van der Waals surface area contributed by atoms with Gasteiger partial charge >= 0.3 is 0 Å². The van der Waals surface area contributed by atoms with E-state index in [1.165, 1.54) is 16.2 Å². The number of carbonyl (C=O) groups excluding carboxylic acids is 2. The number of thiophene rings is 1. The molecule has 0 atom stereocenters. The first-order valence-electron chi connectivity index (χ1n) is 8.72. The Labute approximate surface area is 161 Å². The van der Waals surface area contributed by atoms with Crippen molar-refractivity contribution in [1.29, 1.82) is 5.26 Å². The second kappa shape index (κ2) is 8.33. The van der Waals surface area contributed by atoms with Gasteiger partial charge in [0.2, 0.25) is 11.8 Å². The van der Waals surface area contributed by atoms with Crippen LogP contribution in [0, 0.1) is 18.3 Å². The molecule has 0 saturated carbocycles. The van der Waals surface area contributed by atoms with E-state index in [2.05, 4.69) is 21.9 Å². The molecule has 9 heteroatoms. The quantitative estimate of drug-likeness (QED) is 0.754. The van der Waals surface area contributed by atoms with Gasteiger partial charge in [0.15, 0.2) is 5.82 Å². The van der Waals surface area contributed by atoms with Gasteiger partial charge in [0.25, 0.3) is 0 Å². The lowest BCUT2D eigenvalue weighted by Crippen LogP contribution is -2.32. The molecule has 3 rings (SSSR count). The molecule has 0 fully saturated rings. The van der Waals surface area contributed by atoms with Crippen LogP contribution in [0.25, 0.3) is 0 Å². The number of hydrogen-bond acceptors (Lipinski definition) is 7. The van der Waals surface area contributed by atoms with Gasteiger partial charge in [-0.3, -0.25) is 14.5 Å². The highest BCUT2D eigenvalue weighted by Crippen LogP contribution is 2.38. The maximum Gasteiger partial charge on any atom is 0.239 e. The van der Waals surface area contributed by atoms with Crippen LogP contribution in [-0.4, -0.2) is 42.0 Å². The largest absolute Gasteiger partial charge is 0.360 e. The summed E-state index contributed by atoms with van der Waals surface area (Å²) in [6, 6.07) is 3.85. The van der Waals surface area contributed by atoms with Crippen molar-refractivity contribution in [2.45, 2.75) is 32.6 Å². The summed E-state index contributed by atoms with van der Waals surface area (Å²) in [4.78, 5) is 27.1. The Balaban J connectivity index is 1.45. The lowest BCUT2D eigenvalue weighted by atomic mass is 10.1. The first-order valence-corrected chi connectivity index (χ1v) is 9.54. The van der Waals surface area contributed by atoms with Crippen LogP contribution < -0.4 is 10.6 Å². The Hall–Kier alpha value is -2.70. The van der Waals surface area contributed by atoms with Crippen molar-refractivity contribution >= 4 is 34.0 Å². The molecule has 2 amide bonds. The number of aryl methyl sites for hydroxylation is 2. The van der Waals surface area contributed by atoms with E-state index in [0.717, 1.165) is 24.8 Å². The average Bonchev–Trinajstić information content (AvgIpc) is 3.29. The topological polar surface area (TPSA) is 111 Å². The molecule has 1 aliphatic carbocycles. The van der Waals surface area contributed by atoms with Crippen LogP contribution in [0.3, 0.4) is 0 Å². The zero-order valence-electron chi connectivity index (χ0n) is 15.3. The Morgan fingerprint density at radius 1 is 1.37 bits per heavy atom. The molecule has 142 valence electrons. The second-order valence-electron chi connectivity index (χ2n) is 6.58. The first-order chi connectivity index (χ1) is 13.0. The van der Waals surface area contributed by atoms with Crippen LogP contribution >= 0.6 is 11.3 Å². The third-order valence-corrected chi connectivity index (χ3v) is 5.52. The minimum absolute atomic E-state index is 0.135. The molecular formula is C18H21N5O3S. The Bertz CT molecular complexity index is 895. The van der Waals surface area contributed by atoms with Crippen molar-refractivity contribution in [3.63, 3.8) is 0 Å². The normalized spacial score (nSPS) is 12.7. The van der Waals surface area contributed by atoms with E-state index in [1.54, 1.807) is 24.9 Å². The van der Waals surface area contributed by atoms with Crippen LogP contribution in [-0.2, 0) is 22.4 Å². The molecule has 2 N–H and O–H groups in total. The van der Waals surface area contributed by atoms with Crippen LogP contribution in [0.15, 0.2) is 10.6 Å². The van der Waals surface area contributed by atoms with E-state index in [-0.39, 0.29) is 24.8 Å². The van der Waals surface area contributed by atoms with Crippen LogP contribution in [0.5, 0.6) is 0 Å². The Morgan fingerprint density at radius 2 is 2.19 bits per heavy atom. The predicted octanol–water partition coefficient (Wildman–Crippen LogP) is 2.30. The molecule has 2 aromatic rings. The third-order valence-electron chi connectivity index (χ3n) is 4.32. The third kappa shape index (κ3) is 4.72. The summed E-state index contributed by atoms with van der Waals surface area (Å²) in [5, 5.41) is 19.2. The number of aromatic nitrogens is 1. The summed E-state index contributed by atoms with van der Waals surface area (Å²) in [5.74, 6) is 0.600. The zero-order valence-corrected chi connectivity index (χ0v) is 16.1. The van der Waals surface area contributed by atoms with Crippen molar-refractivity contribution in [2.75, 3.05) is 30.8 Å². The molecule has 0 aliphatic heterocycles. The highest BCUT2D eigenvalue weighted by Gasteiger charge is 2.23. The highest BCUT2D eigenvalue weighted by molar-refractivity contribution is 7.16. The summed E-state index contributed by atoms with van der Waals surface area (Å²) in [6.07, 6.45) is 3.20. The molecule has 2 aromatic heterocycles. The molecule has 0 aromatic carbocycles. The maximum absolute atomic E-state index is 12.2. The van der Waals surface area contributed by atoms with E-state index in [0.29, 0.717) is 28.7 Å². The SMILES string of the molecule is Cc1cc(NC(=O)CN(C)CCC(=O)Nc2sc3c(c2C#N)CCC3)no1. The number of nitrogens with one attached hydrogen (secondary N) is 2. The van der Waals surface area contributed by atoms with Crippen LogP contribution in [0.1, 0.15) is 34.6 Å². The number of anilines is 2. The second-order valence-corrected chi connectivity index (χ2v) is 7.69. The van der Waals surface area contributed by atoms with Gasteiger partial charge < -0.3 is 15.2 Å². The van der Waals surface area contributed by atoms with Gasteiger partial charge in [-0.2, -0.15) is 5.26 Å². The Morgan fingerprint density at radius 3 is 2.89 bits per heavy atom. The van der Waals surface area contributed by atoms with E-state index >= 15 is 0 Å². The predicted molar refractivity (Wildman–Crippen MR) is 102 cm³/mol. The van der Waals surface area contributed by atoms with Crippen molar-refractivity contribution in [3.05, 3.63) is 27.8 Å². The molecule has 0 radical (unpaired) electrons. The van der Waals surface area contributed by atoms with E-state index in [1.807, 2.05) is 0 Å². The molecule has 0 spiro atoms. The monoisotopic (exact) mass is 387 g/mol. The molecular weight excluding hydrogens is 366 g/mol. The fraction of sp³-hybridized carbons (Fsp3) is 0.444. The molecule has 0 bridgehead atoms. The van der Waals surface area contributed by atoms with Crippen molar-refractivity contribution < 1.29 is 14.1 Å². The standard InChI is InChI=1S/C18H21N5O3S/c1-11-8-15(22-26-11)20-17(25)10-23(2)7-6-16(24)21-18-13(9-19)12-4-3-5-14(12)27-18/h8H,3-7,10H2,1-2H3,(H,21,24)(H,20,22,25). The lowest BCUT2D eigenvalue weighted by molar-refractivity contribution is -0.119. The molecule has 8 nitrogen and oxygen atoms in total. The van der Waals surface area contributed by atoms with Gasteiger partial charge in [-0.15, -0.1) is 11.3 Å². The number of carbonyl (C=O) groups is 2. The van der Waals surface area contributed by atoms with Gasteiger partial charge in [0, 0.05) is 23.9 Å². The van der Waals surface area contributed by atoms with Crippen molar-refractivity contribution in [1.82, 2.24) is 10.1 Å². The van der Waals surface area contributed by atoms with Gasteiger partial charge in [-0.1, -0.05) is 5.16 Å². The number of nitriles is 1. The van der Waals surface area contributed by atoms with Gasteiger partial charge in [-0.05, 0) is 38.8 Å². The van der Waals surface area contributed by atoms with Gasteiger partial charge in [-0.25, -0.2) is 0 Å². The maximum atomic E-state index is 12.2. The van der Waals surface area contributed by atoms with Crippen molar-refractivity contribution in [2.24, 2.45) is 0 Å². The lowest BCUT2D eigenvalue weighted by Gasteiger charge is -2.15. The fourth-order valence-corrected chi connectivity index (χ4v) is 4.28. The molecule has 2 heterocycles. The minimum Gasteiger partial charge on any atom is -0.360 e. The number of likely N-dealkylation sites (N-methyl/N-ethyl adjacent to an activating group) is 1. The summed E-state index contributed by atoms with van der Waals surface area (Å²) >= 11 is 1.50. The fourth-order valence-electron chi connectivity index (χ4n) is 3.02. The molecule has 0 unspecified atom stereocenters. The molecule has 0 saturated heterocycles. The molecule has 27 heavy (non-hydrogen) atoms. The first kappa shape index (κ1) is 19.1. The van der Waals surface area contributed by atoms with Crippen LogP contribution in [0.2, 0.25) is 0 Å². The van der Waals surface area contributed by atoms with E-state index in [9.17, 15) is 14.9 Å². The number of nitrogens with zero attached hydrogens (tertiary/aromatic N) is 3. The highest BCUT2D eigenvalue weighted by atomic mass is 32.1. The molecule has 1 aliphatic rings. The number of hydrogen-bond donors (Lipinski definition) is 2. The number of amides is 2. The number of fused-ring (bicyclic) bond motifs is 1. The van der Waals surface area contributed by atoms with Crippen LogP contribution in [0.4, 0.5) is 10.8 Å². The Kier molecular flexibility index (Phi) is 5.88. The summed E-state index contributed by atoms with van der Waals surface area (Å²) in [6.45, 7) is 2.30. The minimum atomic E-state index is -0.229. The van der Waals surface area contributed by atoms with Gasteiger partial charge in [0.1, 0.15) is 16.8 Å². The van der Waals surface area contributed by atoms with E-state index < -0.39 is 0 Å². The smallest absolute Gasteiger partial charge is 0.239 e. The van der Waals surface area contributed by atoms with E-state index in [4.69, 9.17) is 4.52 Å². The number of rotatable bonds is 7. The zero-order chi connectivity index (χ0) is 19.4. The summed E-state index contributed by atoms with van der Waals surface area (Å²) < 4.78 is 4.89. The summed E-state index contributed by atoms with van der Waals surface area (Å²) in [7, 11) is 1.77. The van der Waals surface area contributed by atoms with Crippen molar-refractivity contribution in [3.8, 4) is 6.07 Å². The van der Waals surface area contributed by atoms with Gasteiger partial charge in [0.05, 0.1) is 12.1 Å². The summed E-state index contributed by atoms with van der Waals surface area (Å²) in [5.41, 5.74) is 1.70.